The highest BCUT2D eigenvalue weighted by atomic mass is 16.1. The number of rotatable bonds is 3. The van der Waals surface area contributed by atoms with E-state index in [0.29, 0.717) is 12.8 Å². The Morgan fingerprint density at radius 1 is 1.88 bits per heavy atom. The Hall–Kier alpha value is -1.10. The van der Waals surface area contributed by atoms with Crippen molar-refractivity contribution < 1.29 is 4.79 Å². The van der Waals surface area contributed by atoms with Crippen molar-refractivity contribution in [3.8, 4) is 12.3 Å². The fourth-order valence-corrected chi connectivity index (χ4v) is 0.268. The van der Waals surface area contributed by atoms with Gasteiger partial charge >= 0.3 is 0 Å². The summed E-state index contributed by atoms with van der Waals surface area (Å²) in [4.78, 5) is 10.2. The van der Waals surface area contributed by atoms with Gasteiger partial charge in [0.25, 0.3) is 0 Å². The average Bonchev–Trinajstić information content (AvgIpc) is 1.83. The van der Waals surface area contributed by atoms with E-state index >= 15 is 0 Å². The maximum atomic E-state index is 10.2. The molecule has 8 heavy (non-hydrogen) atoms. The smallest absolute Gasteiger partial charge is 0.174 e. The SMILES string of the molecule is C#CCCC(=O)C=N. The number of terminal acetylenes is 1. The number of Topliss-reactive ketones (excluding diaryl/α,β-unsaturated/α-hetero) is 1. The molecular formula is C6H7NO. The van der Waals surface area contributed by atoms with Crippen LogP contribution in [-0.2, 0) is 4.79 Å². The molecule has 2 heteroatoms. The third kappa shape index (κ3) is 3.10. The van der Waals surface area contributed by atoms with Crippen LogP contribution in [0, 0.1) is 17.8 Å². The summed E-state index contributed by atoms with van der Waals surface area (Å²) in [6.07, 6.45) is 6.39. The lowest BCUT2D eigenvalue weighted by atomic mass is 10.2. The van der Waals surface area contributed by atoms with Gasteiger partial charge in [-0.05, 0) is 0 Å². The summed E-state index contributed by atoms with van der Waals surface area (Å²) in [5.74, 6) is 2.10. The molecule has 0 aliphatic heterocycles. The number of carbonyl (C=O) groups is 1. The first-order chi connectivity index (χ1) is 3.81. The Morgan fingerprint density at radius 2 is 2.50 bits per heavy atom. The molecule has 0 radical (unpaired) electrons. The van der Waals surface area contributed by atoms with Crippen LogP contribution in [-0.4, -0.2) is 12.0 Å². The predicted molar refractivity (Wildman–Crippen MR) is 31.9 cm³/mol. The van der Waals surface area contributed by atoms with E-state index in [4.69, 9.17) is 11.8 Å². The summed E-state index contributed by atoms with van der Waals surface area (Å²) in [5, 5.41) is 6.44. The first-order valence-corrected chi connectivity index (χ1v) is 2.28. The van der Waals surface area contributed by atoms with Gasteiger partial charge in [0.1, 0.15) is 0 Å². The van der Waals surface area contributed by atoms with Gasteiger partial charge in [-0.25, -0.2) is 0 Å². The minimum Gasteiger partial charge on any atom is -0.305 e. The monoisotopic (exact) mass is 109 g/mol. The van der Waals surface area contributed by atoms with E-state index in [1.165, 1.54) is 0 Å². The average molecular weight is 109 g/mol. The highest BCUT2D eigenvalue weighted by Crippen LogP contribution is 1.84. The Labute approximate surface area is 48.4 Å². The van der Waals surface area contributed by atoms with Crippen molar-refractivity contribution in [1.29, 1.82) is 5.41 Å². The quantitative estimate of drug-likeness (QED) is 0.419. The minimum absolute atomic E-state index is 0.206. The maximum Gasteiger partial charge on any atom is 0.174 e. The van der Waals surface area contributed by atoms with Gasteiger partial charge in [0.2, 0.25) is 0 Å². The van der Waals surface area contributed by atoms with Crippen LogP contribution in [0.15, 0.2) is 0 Å². The van der Waals surface area contributed by atoms with Crippen LogP contribution in [0.1, 0.15) is 12.8 Å². The summed E-state index contributed by atoms with van der Waals surface area (Å²) in [6, 6.07) is 0. The molecule has 0 heterocycles. The number of ketones is 1. The molecule has 0 saturated carbocycles. The summed E-state index contributed by atoms with van der Waals surface area (Å²) in [5.41, 5.74) is 0. The second-order valence-electron chi connectivity index (χ2n) is 1.31. The molecule has 1 N–H and O–H groups in total. The zero-order chi connectivity index (χ0) is 6.41. The van der Waals surface area contributed by atoms with E-state index in [0.717, 1.165) is 6.21 Å². The van der Waals surface area contributed by atoms with E-state index in [-0.39, 0.29) is 5.78 Å². The molecule has 0 aliphatic rings. The molecule has 0 aromatic heterocycles. The number of nitrogens with one attached hydrogen (secondary N) is 1. The van der Waals surface area contributed by atoms with Crippen LogP contribution >= 0.6 is 0 Å². The summed E-state index contributed by atoms with van der Waals surface area (Å²) in [7, 11) is 0. The van der Waals surface area contributed by atoms with Crippen LogP contribution in [0.3, 0.4) is 0 Å². The molecule has 2 nitrogen and oxygen atoms in total. The predicted octanol–water partition coefficient (Wildman–Crippen LogP) is 0.618. The Morgan fingerprint density at radius 3 is 2.88 bits per heavy atom. The van der Waals surface area contributed by atoms with E-state index in [1.54, 1.807) is 0 Å². The maximum absolute atomic E-state index is 10.2. The highest BCUT2D eigenvalue weighted by Gasteiger charge is 1.90. The summed E-state index contributed by atoms with van der Waals surface area (Å²) >= 11 is 0. The Bertz CT molecular complexity index is 132. The van der Waals surface area contributed by atoms with Gasteiger partial charge in [0.05, 0.1) is 6.21 Å². The first-order valence-electron chi connectivity index (χ1n) is 2.28. The third-order valence-electron chi connectivity index (χ3n) is 0.677. The molecule has 42 valence electrons. The standard InChI is InChI=1S/C6H7NO/c1-2-3-4-6(8)5-7/h1,5,7H,3-4H2. The largest absolute Gasteiger partial charge is 0.305 e. The second-order valence-corrected chi connectivity index (χ2v) is 1.31. The molecule has 0 unspecified atom stereocenters. The van der Waals surface area contributed by atoms with Crippen molar-refractivity contribution in [3.63, 3.8) is 0 Å². The van der Waals surface area contributed by atoms with Crippen LogP contribution in [0.2, 0.25) is 0 Å². The Kier molecular flexibility index (Phi) is 3.51. The van der Waals surface area contributed by atoms with Crippen LogP contribution in [0.5, 0.6) is 0 Å². The van der Waals surface area contributed by atoms with Gasteiger partial charge in [0.15, 0.2) is 5.78 Å². The molecule has 0 fully saturated rings. The highest BCUT2D eigenvalue weighted by molar-refractivity contribution is 6.26. The molecule has 0 aromatic carbocycles. The lowest BCUT2D eigenvalue weighted by molar-refractivity contribution is -0.112. The van der Waals surface area contributed by atoms with E-state index in [1.807, 2.05) is 0 Å². The number of hydrogen-bond donors (Lipinski definition) is 1. The van der Waals surface area contributed by atoms with E-state index in [9.17, 15) is 4.79 Å². The molecule has 0 saturated heterocycles. The van der Waals surface area contributed by atoms with Gasteiger partial charge in [-0.15, -0.1) is 12.3 Å². The van der Waals surface area contributed by atoms with Gasteiger partial charge in [-0.3, -0.25) is 4.79 Å². The van der Waals surface area contributed by atoms with E-state index in [2.05, 4.69) is 5.92 Å². The topological polar surface area (TPSA) is 40.9 Å². The second kappa shape index (κ2) is 4.07. The number of carbonyl (C=O) groups excluding carboxylic acids is 1. The van der Waals surface area contributed by atoms with E-state index < -0.39 is 0 Å². The molecule has 0 spiro atoms. The van der Waals surface area contributed by atoms with Crippen molar-refractivity contribution in [2.45, 2.75) is 12.8 Å². The van der Waals surface area contributed by atoms with Crippen molar-refractivity contribution in [3.05, 3.63) is 0 Å². The van der Waals surface area contributed by atoms with Crippen molar-refractivity contribution in [2.24, 2.45) is 0 Å². The molecule has 0 aromatic rings. The van der Waals surface area contributed by atoms with Gasteiger partial charge in [-0.2, -0.15) is 0 Å². The molecule has 0 atom stereocenters. The zero-order valence-electron chi connectivity index (χ0n) is 4.48. The molecule has 0 amide bonds. The van der Waals surface area contributed by atoms with Crippen molar-refractivity contribution in [2.75, 3.05) is 0 Å². The molecule has 0 rings (SSSR count). The summed E-state index contributed by atoms with van der Waals surface area (Å²) < 4.78 is 0. The fraction of sp³-hybridized carbons (Fsp3) is 0.333. The van der Waals surface area contributed by atoms with Crippen LogP contribution in [0.25, 0.3) is 0 Å². The Balaban J connectivity index is 3.28. The lowest BCUT2D eigenvalue weighted by Gasteiger charge is -1.82. The summed E-state index contributed by atoms with van der Waals surface area (Å²) in [6.45, 7) is 0. The van der Waals surface area contributed by atoms with Crippen molar-refractivity contribution >= 4 is 12.0 Å². The zero-order valence-corrected chi connectivity index (χ0v) is 4.48. The van der Waals surface area contributed by atoms with Gasteiger partial charge < -0.3 is 5.41 Å². The molecule has 0 bridgehead atoms. The lowest BCUT2D eigenvalue weighted by Crippen LogP contribution is -1.95. The minimum atomic E-state index is -0.206. The normalized spacial score (nSPS) is 7.38. The van der Waals surface area contributed by atoms with Crippen LogP contribution < -0.4 is 0 Å². The first kappa shape index (κ1) is 6.90. The molecule has 0 aliphatic carbocycles. The third-order valence-corrected chi connectivity index (χ3v) is 0.677. The van der Waals surface area contributed by atoms with Crippen LogP contribution in [0.4, 0.5) is 0 Å². The van der Waals surface area contributed by atoms with Crippen molar-refractivity contribution in [1.82, 2.24) is 0 Å². The number of hydrogen-bond acceptors (Lipinski definition) is 2. The molecular weight excluding hydrogens is 102 g/mol. The fourth-order valence-electron chi connectivity index (χ4n) is 0.268. The van der Waals surface area contributed by atoms with Gasteiger partial charge in [0, 0.05) is 12.8 Å². The van der Waals surface area contributed by atoms with Gasteiger partial charge in [-0.1, -0.05) is 0 Å².